The van der Waals surface area contributed by atoms with Gasteiger partial charge in [0.15, 0.2) is 0 Å². The van der Waals surface area contributed by atoms with Crippen LogP contribution >= 0.6 is 0 Å². The van der Waals surface area contributed by atoms with Gasteiger partial charge in [0, 0.05) is 36.3 Å². The molecule has 4 rings (SSSR count). The zero-order valence-electron chi connectivity index (χ0n) is 15.8. The van der Waals surface area contributed by atoms with Crippen LogP contribution in [0.3, 0.4) is 0 Å². The average molecular weight is 400 g/mol. The lowest BCUT2D eigenvalue weighted by molar-refractivity contribution is -0.127. The molecule has 2 aromatic rings. The van der Waals surface area contributed by atoms with Crippen molar-refractivity contribution in [2.24, 2.45) is 0 Å². The number of para-hydroxylation sites is 1. The van der Waals surface area contributed by atoms with Crippen LogP contribution in [-0.2, 0) is 9.59 Å². The highest BCUT2D eigenvalue weighted by molar-refractivity contribution is 6.01. The molecule has 1 heterocycles. The Hall–Kier alpha value is -2.96. The Balaban J connectivity index is 1.33. The number of anilines is 1. The van der Waals surface area contributed by atoms with Crippen LogP contribution < -0.4 is 15.4 Å². The quantitative estimate of drug-likeness (QED) is 0.818. The van der Waals surface area contributed by atoms with Crippen molar-refractivity contribution in [3.63, 3.8) is 0 Å². The molecular formula is C22H22F2N2O3. The molecule has 1 aliphatic carbocycles. The molecule has 29 heavy (non-hydrogen) atoms. The van der Waals surface area contributed by atoms with E-state index in [2.05, 4.69) is 10.6 Å². The molecule has 2 N–H and O–H groups in total. The van der Waals surface area contributed by atoms with Crippen molar-refractivity contribution in [1.82, 2.24) is 5.32 Å². The van der Waals surface area contributed by atoms with E-state index in [1.807, 2.05) is 18.2 Å². The Bertz CT molecular complexity index is 906. The smallest absolute Gasteiger partial charge is 0.228 e. The highest BCUT2D eigenvalue weighted by Crippen LogP contribution is 2.33. The minimum Gasteiger partial charge on any atom is -0.490 e. The summed E-state index contributed by atoms with van der Waals surface area (Å²) in [4.78, 5) is 24.8. The number of carbonyl (C=O) groups excluding carboxylic acids is 2. The molecule has 1 aliphatic heterocycles. The molecule has 2 aromatic carbocycles. The van der Waals surface area contributed by atoms with Gasteiger partial charge in [0.25, 0.3) is 0 Å². The lowest BCUT2D eigenvalue weighted by Gasteiger charge is -2.31. The second kappa shape index (κ2) is 8.19. The fraction of sp³-hybridized carbons (Fsp3) is 0.364. The molecule has 5 nitrogen and oxygen atoms in total. The van der Waals surface area contributed by atoms with Crippen molar-refractivity contribution >= 4 is 17.5 Å². The monoisotopic (exact) mass is 400 g/mol. The molecule has 1 fully saturated rings. The maximum absolute atomic E-state index is 13.3. The Morgan fingerprint density at radius 2 is 1.72 bits per heavy atom. The van der Waals surface area contributed by atoms with Crippen LogP contribution in [0.4, 0.5) is 14.5 Å². The van der Waals surface area contributed by atoms with Gasteiger partial charge in [0.1, 0.15) is 17.4 Å². The molecule has 0 radical (unpaired) electrons. The fourth-order valence-electron chi connectivity index (χ4n) is 4.06. The van der Waals surface area contributed by atoms with E-state index >= 15 is 0 Å². The zero-order chi connectivity index (χ0) is 20.4. The minimum absolute atomic E-state index is 0.0104. The normalized spacial score (nSPS) is 23.7. The van der Waals surface area contributed by atoms with Gasteiger partial charge >= 0.3 is 0 Å². The standard InChI is InChI=1S/C22H22F2N2O3/c23-13-9-14(24)11-17(10-13)29-16-7-5-15(6-8-16)25-22(28)19-12-21(27)26-20-4-2-1-3-18(19)20/h1-4,9-11,15-16,19H,5-8,12H2,(H,25,28)(H,26,27). The van der Waals surface area contributed by atoms with Crippen molar-refractivity contribution in [1.29, 1.82) is 0 Å². The van der Waals surface area contributed by atoms with Crippen LogP contribution in [0.25, 0.3) is 0 Å². The number of halogens is 2. The Morgan fingerprint density at radius 1 is 1.03 bits per heavy atom. The van der Waals surface area contributed by atoms with Gasteiger partial charge in [0.2, 0.25) is 11.8 Å². The maximum Gasteiger partial charge on any atom is 0.228 e. The Kier molecular flexibility index (Phi) is 5.47. The van der Waals surface area contributed by atoms with Crippen molar-refractivity contribution < 1.29 is 23.1 Å². The van der Waals surface area contributed by atoms with E-state index in [4.69, 9.17) is 4.74 Å². The fourth-order valence-corrected chi connectivity index (χ4v) is 4.06. The third-order valence-corrected chi connectivity index (χ3v) is 5.48. The molecule has 0 saturated heterocycles. The van der Waals surface area contributed by atoms with Gasteiger partial charge in [-0.1, -0.05) is 18.2 Å². The predicted octanol–water partition coefficient (Wildman–Crippen LogP) is 3.90. The highest BCUT2D eigenvalue weighted by atomic mass is 19.1. The molecule has 1 atom stereocenters. The van der Waals surface area contributed by atoms with Gasteiger partial charge in [-0.05, 0) is 37.3 Å². The summed E-state index contributed by atoms with van der Waals surface area (Å²) in [6.07, 6.45) is 2.73. The largest absolute Gasteiger partial charge is 0.490 e. The summed E-state index contributed by atoms with van der Waals surface area (Å²) in [7, 11) is 0. The van der Waals surface area contributed by atoms with Gasteiger partial charge in [-0.2, -0.15) is 0 Å². The van der Waals surface area contributed by atoms with E-state index in [9.17, 15) is 18.4 Å². The summed E-state index contributed by atoms with van der Waals surface area (Å²) in [6.45, 7) is 0. The first-order valence-electron chi connectivity index (χ1n) is 9.80. The highest BCUT2D eigenvalue weighted by Gasteiger charge is 2.32. The summed E-state index contributed by atoms with van der Waals surface area (Å²) in [5.41, 5.74) is 1.51. The lowest BCUT2D eigenvalue weighted by Crippen LogP contribution is -2.43. The van der Waals surface area contributed by atoms with Crippen molar-refractivity contribution in [3.8, 4) is 5.75 Å². The minimum atomic E-state index is -0.669. The number of hydrogen-bond donors (Lipinski definition) is 2. The van der Waals surface area contributed by atoms with Crippen LogP contribution in [-0.4, -0.2) is 24.0 Å². The summed E-state index contributed by atoms with van der Waals surface area (Å²) in [5.74, 6) is -1.97. The summed E-state index contributed by atoms with van der Waals surface area (Å²) >= 11 is 0. The number of hydrogen-bond acceptors (Lipinski definition) is 3. The van der Waals surface area contributed by atoms with E-state index in [0.29, 0.717) is 31.4 Å². The topological polar surface area (TPSA) is 67.4 Å². The van der Waals surface area contributed by atoms with Gasteiger partial charge in [0.05, 0.1) is 12.0 Å². The third-order valence-electron chi connectivity index (χ3n) is 5.48. The number of ether oxygens (including phenoxy) is 1. The summed E-state index contributed by atoms with van der Waals surface area (Å²) < 4.78 is 32.3. The number of fused-ring (bicyclic) bond motifs is 1. The zero-order valence-corrected chi connectivity index (χ0v) is 15.8. The van der Waals surface area contributed by atoms with Gasteiger partial charge in [-0.15, -0.1) is 0 Å². The number of amides is 2. The van der Waals surface area contributed by atoms with Crippen LogP contribution in [0.15, 0.2) is 42.5 Å². The van der Waals surface area contributed by atoms with Crippen LogP contribution in [0.1, 0.15) is 43.6 Å². The average Bonchev–Trinajstić information content (AvgIpc) is 2.68. The van der Waals surface area contributed by atoms with Gasteiger partial charge in [-0.25, -0.2) is 8.78 Å². The van der Waals surface area contributed by atoms with Gasteiger partial charge < -0.3 is 15.4 Å². The molecule has 2 amide bonds. The Morgan fingerprint density at radius 3 is 2.45 bits per heavy atom. The number of benzene rings is 2. The second-order valence-corrected chi connectivity index (χ2v) is 7.60. The van der Waals surface area contributed by atoms with E-state index in [-0.39, 0.29) is 36.1 Å². The van der Waals surface area contributed by atoms with Gasteiger partial charge in [-0.3, -0.25) is 9.59 Å². The van der Waals surface area contributed by atoms with Crippen LogP contribution in [0.2, 0.25) is 0 Å². The first-order valence-corrected chi connectivity index (χ1v) is 9.80. The maximum atomic E-state index is 13.3. The Labute approximate surface area is 167 Å². The predicted molar refractivity (Wildman–Crippen MR) is 104 cm³/mol. The first kappa shape index (κ1) is 19.4. The van der Waals surface area contributed by atoms with E-state index in [1.54, 1.807) is 6.07 Å². The molecule has 0 aromatic heterocycles. The molecule has 0 spiro atoms. The third kappa shape index (κ3) is 4.55. The SMILES string of the molecule is O=C1CC(C(=O)NC2CCC(Oc3cc(F)cc(F)c3)CC2)c2ccccc2N1. The number of rotatable bonds is 4. The lowest BCUT2D eigenvalue weighted by atomic mass is 9.88. The second-order valence-electron chi connectivity index (χ2n) is 7.60. The molecular weight excluding hydrogens is 378 g/mol. The molecule has 7 heteroatoms. The molecule has 152 valence electrons. The van der Waals surface area contributed by atoms with Crippen molar-refractivity contribution in [2.45, 2.75) is 50.2 Å². The number of carbonyl (C=O) groups is 2. The van der Waals surface area contributed by atoms with Crippen molar-refractivity contribution in [2.75, 3.05) is 5.32 Å². The molecule has 1 unspecified atom stereocenters. The first-order chi connectivity index (χ1) is 14.0. The van der Waals surface area contributed by atoms with Crippen LogP contribution in [0, 0.1) is 11.6 Å². The van der Waals surface area contributed by atoms with E-state index in [0.717, 1.165) is 11.6 Å². The molecule has 2 aliphatic rings. The van der Waals surface area contributed by atoms with E-state index in [1.165, 1.54) is 12.1 Å². The van der Waals surface area contributed by atoms with Crippen molar-refractivity contribution in [3.05, 3.63) is 59.7 Å². The number of nitrogens with one attached hydrogen (secondary N) is 2. The van der Waals surface area contributed by atoms with Crippen LogP contribution in [0.5, 0.6) is 5.75 Å². The van der Waals surface area contributed by atoms with E-state index < -0.39 is 17.6 Å². The summed E-state index contributed by atoms with van der Waals surface area (Å²) in [5, 5.41) is 5.85. The molecule has 0 bridgehead atoms. The summed E-state index contributed by atoms with van der Waals surface area (Å²) in [6, 6.07) is 10.5. The molecule has 1 saturated carbocycles.